The number of aryl methyl sites for hydroxylation is 1. The Kier molecular flexibility index (Phi) is 4.36. The molecule has 2 amide bonds. The fourth-order valence-electron chi connectivity index (χ4n) is 3.28. The van der Waals surface area contributed by atoms with Crippen molar-refractivity contribution in [3.05, 3.63) is 41.3 Å². The van der Waals surface area contributed by atoms with Crippen molar-refractivity contribution in [2.45, 2.75) is 32.1 Å². The third-order valence-corrected chi connectivity index (χ3v) is 5.36. The number of rotatable bonds is 4. The summed E-state index contributed by atoms with van der Waals surface area (Å²) >= 11 is 1.44. The van der Waals surface area contributed by atoms with Gasteiger partial charge in [-0.1, -0.05) is 18.2 Å². The molecule has 5 nitrogen and oxygen atoms in total. The number of carbonyl (C=O) groups is 2. The van der Waals surface area contributed by atoms with Crippen molar-refractivity contribution in [3.63, 3.8) is 0 Å². The first-order valence-corrected chi connectivity index (χ1v) is 9.40. The Balaban J connectivity index is 1.45. The van der Waals surface area contributed by atoms with E-state index in [9.17, 15) is 9.59 Å². The minimum absolute atomic E-state index is 0.0191. The van der Waals surface area contributed by atoms with Crippen LogP contribution in [0.3, 0.4) is 0 Å². The van der Waals surface area contributed by atoms with Gasteiger partial charge >= 0.3 is 0 Å². The van der Waals surface area contributed by atoms with E-state index in [0.717, 1.165) is 41.8 Å². The molecule has 1 aromatic heterocycles. The topological polar surface area (TPSA) is 71.1 Å². The van der Waals surface area contributed by atoms with Gasteiger partial charge in [0.25, 0.3) is 0 Å². The van der Waals surface area contributed by atoms with Crippen LogP contribution in [0.25, 0.3) is 11.3 Å². The van der Waals surface area contributed by atoms with Gasteiger partial charge in [-0.05, 0) is 42.9 Å². The number of allylic oxidation sites excluding steroid dienone is 2. The molecule has 0 saturated carbocycles. The first-order valence-electron chi connectivity index (χ1n) is 8.52. The standard InChI is InChI=1S/C19H19N3O2S/c23-17-8-6-13-10-14(5-7-15(13)20-17)16-11-25-19(21-16)22-18(24)9-12-3-1-2-4-12/h1,3,5,7,10-12H,2,4,6,8-9H2,(H,20,23)(H,21,22,24)/t12-/m1/s1. The van der Waals surface area contributed by atoms with Gasteiger partial charge in [-0.2, -0.15) is 0 Å². The zero-order valence-electron chi connectivity index (χ0n) is 13.7. The number of thiazole rings is 1. The van der Waals surface area contributed by atoms with Crippen molar-refractivity contribution in [3.8, 4) is 11.3 Å². The molecule has 2 N–H and O–H groups in total. The van der Waals surface area contributed by atoms with Crippen LogP contribution in [0.1, 0.15) is 31.2 Å². The number of amides is 2. The van der Waals surface area contributed by atoms with E-state index < -0.39 is 0 Å². The molecular formula is C19H19N3O2S. The maximum Gasteiger partial charge on any atom is 0.226 e. The van der Waals surface area contributed by atoms with Gasteiger partial charge in [0, 0.05) is 29.5 Å². The van der Waals surface area contributed by atoms with E-state index in [1.165, 1.54) is 11.3 Å². The third kappa shape index (κ3) is 3.64. The molecule has 1 atom stereocenters. The highest BCUT2D eigenvalue weighted by Gasteiger charge is 2.17. The van der Waals surface area contributed by atoms with E-state index in [4.69, 9.17) is 0 Å². The van der Waals surface area contributed by atoms with E-state index in [1.54, 1.807) is 0 Å². The minimum Gasteiger partial charge on any atom is -0.326 e. The van der Waals surface area contributed by atoms with Gasteiger partial charge in [0.05, 0.1) is 5.69 Å². The van der Waals surface area contributed by atoms with Crippen LogP contribution in [-0.4, -0.2) is 16.8 Å². The fourth-order valence-corrected chi connectivity index (χ4v) is 4.02. The van der Waals surface area contributed by atoms with Crippen molar-refractivity contribution in [2.75, 3.05) is 10.6 Å². The van der Waals surface area contributed by atoms with Crippen LogP contribution in [0.2, 0.25) is 0 Å². The maximum atomic E-state index is 12.1. The quantitative estimate of drug-likeness (QED) is 0.817. The summed E-state index contributed by atoms with van der Waals surface area (Å²) in [5.41, 5.74) is 3.86. The van der Waals surface area contributed by atoms with Crippen LogP contribution in [-0.2, 0) is 16.0 Å². The van der Waals surface area contributed by atoms with Gasteiger partial charge in [0.1, 0.15) is 0 Å². The zero-order valence-corrected chi connectivity index (χ0v) is 14.6. The van der Waals surface area contributed by atoms with Crippen molar-refractivity contribution in [2.24, 2.45) is 5.92 Å². The van der Waals surface area contributed by atoms with E-state index >= 15 is 0 Å². The summed E-state index contributed by atoms with van der Waals surface area (Å²) in [5, 5.41) is 8.37. The van der Waals surface area contributed by atoms with Crippen LogP contribution in [0.4, 0.5) is 10.8 Å². The molecule has 25 heavy (non-hydrogen) atoms. The van der Waals surface area contributed by atoms with Crippen LogP contribution >= 0.6 is 11.3 Å². The molecule has 1 aliphatic carbocycles. The molecule has 0 radical (unpaired) electrons. The summed E-state index contributed by atoms with van der Waals surface area (Å²) < 4.78 is 0. The Morgan fingerprint density at radius 2 is 2.28 bits per heavy atom. The summed E-state index contributed by atoms with van der Waals surface area (Å²) in [6.07, 6.45) is 8.17. The molecule has 0 saturated heterocycles. The molecule has 2 heterocycles. The molecule has 6 heteroatoms. The summed E-state index contributed by atoms with van der Waals surface area (Å²) in [5.74, 6) is 0.442. The lowest BCUT2D eigenvalue weighted by atomic mass is 9.99. The minimum atomic E-state index is 0.0191. The second-order valence-electron chi connectivity index (χ2n) is 6.48. The van der Waals surface area contributed by atoms with Gasteiger partial charge in [-0.3, -0.25) is 9.59 Å². The highest BCUT2D eigenvalue weighted by atomic mass is 32.1. The fraction of sp³-hybridized carbons (Fsp3) is 0.316. The van der Waals surface area contributed by atoms with Gasteiger partial charge in [0.2, 0.25) is 11.8 Å². The number of nitrogens with zero attached hydrogens (tertiary/aromatic N) is 1. The van der Waals surface area contributed by atoms with E-state index in [-0.39, 0.29) is 11.8 Å². The van der Waals surface area contributed by atoms with Crippen molar-refractivity contribution in [1.29, 1.82) is 0 Å². The van der Waals surface area contributed by atoms with Crippen molar-refractivity contribution >= 4 is 34.0 Å². The Bertz CT molecular complexity index is 856. The highest BCUT2D eigenvalue weighted by Crippen LogP contribution is 2.31. The van der Waals surface area contributed by atoms with E-state index in [1.807, 2.05) is 17.5 Å². The van der Waals surface area contributed by atoms with Crippen LogP contribution in [0, 0.1) is 5.92 Å². The van der Waals surface area contributed by atoms with Gasteiger partial charge in [-0.15, -0.1) is 11.3 Å². The van der Waals surface area contributed by atoms with Crippen molar-refractivity contribution in [1.82, 2.24) is 4.98 Å². The lowest BCUT2D eigenvalue weighted by Gasteiger charge is -2.17. The molecule has 0 unspecified atom stereocenters. The zero-order chi connectivity index (χ0) is 17.2. The summed E-state index contributed by atoms with van der Waals surface area (Å²) in [7, 11) is 0. The predicted molar refractivity (Wildman–Crippen MR) is 99.6 cm³/mol. The second-order valence-corrected chi connectivity index (χ2v) is 7.33. The number of hydrogen-bond donors (Lipinski definition) is 2. The Labute approximate surface area is 150 Å². The molecule has 1 aliphatic heterocycles. The molecule has 1 aromatic carbocycles. The van der Waals surface area contributed by atoms with Gasteiger partial charge < -0.3 is 10.6 Å². The molecule has 2 aromatic rings. The Morgan fingerprint density at radius 1 is 1.36 bits per heavy atom. The number of fused-ring (bicyclic) bond motifs is 1. The largest absolute Gasteiger partial charge is 0.326 e. The number of anilines is 2. The highest BCUT2D eigenvalue weighted by molar-refractivity contribution is 7.14. The average molecular weight is 353 g/mol. The van der Waals surface area contributed by atoms with Crippen LogP contribution in [0.5, 0.6) is 0 Å². The summed E-state index contributed by atoms with van der Waals surface area (Å²) in [4.78, 5) is 28.1. The Morgan fingerprint density at radius 3 is 3.12 bits per heavy atom. The molecule has 128 valence electrons. The smallest absolute Gasteiger partial charge is 0.226 e. The lowest BCUT2D eigenvalue weighted by molar-refractivity contribution is -0.117. The molecular weight excluding hydrogens is 334 g/mol. The molecule has 0 fully saturated rings. The molecule has 0 spiro atoms. The van der Waals surface area contributed by atoms with Crippen LogP contribution < -0.4 is 10.6 Å². The third-order valence-electron chi connectivity index (χ3n) is 4.61. The second kappa shape index (κ2) is 6.80. The van der Waals surface area contributed by atoms with Crippen molar-refractivity contribution < 1.29 is 9.59 Å². The normalized spacial score (nSPS) is 18.7. The SMILES string of the molecule is O=C(C[C@@H]1C=CCC1)Nc1nc(-c2ccc3c(c2)CCC(=O)N3)cs1. The Hall–Kier alpha value is -2.47. The molecule has 2 aliphatic rings. The van der Waals surface area contributed by atoms with Crippen LogP contribution in [0.15, 0.2) is 35.7 Å². The van der Waals surface area contributed by atoms with E-state index in [0.29, 0.717) is 23.9 Å². The summed E-state index contributed by atoms with van der Waals surface area (Å²) in [6.45, 7) is 0. The maximum absolute atomic E-state index is 12.1. The molecule has 4 rings (SSSR count). The number of aromatic nitrogens is 1. The molecule has 0 bridgehead atoms. The number of carbonyl (C=O) groups excluding carboxylic acids is 2. The average Bonchev–Trinajstić information content (AvgIpc) is 3.26. The predicted octanol–water partition coefficient (Wildman–Crippen LogP) is 3.99. The number of nitrogens with one attached hydrogen (secondary N) is 2. The van der Waals surface area contributed by atoms with Gasteiger partial charge in [0.15, 0.2) is 5.13 Å². The van der Waals surface area contributed by atoms with E-state index in [2.05, 4.69) is 33.8 Å². The first kappa shape index (κ1) is 16.0. The monoisotopic (exact) mass is 353 g/mol. The van der Waals surface area contributed by atoms with Gasteiger partial charge in [-0.25, -0.2) is 4.98 Å². The summed E-state index contributed by atoms with van der Waals surface area (Å²) in [6, 6.07) is 5.94. The number of hydrogen-bond acceptors (Lipinski definition) is 4. The number of benzene rings is 1. The lowest BCUT2D eigenvalue weighted by Crippen LogP contribution is -2.18. The first-order chi connectivity index (χ1) is 12.2.